The van der Waals surface area contributed by atoms with Crippen LogP contribution in [0.15, 0.2) is 59.5 Å². The molecule has 0 aromatic heterocycles. The average molecular weight is 371 g/mol. The molecule has 1 unspecified atom stereocenters. The molecular weight excluding hydrogens is 344 g/mol. The lowest BCUT2D eigenvalue weighted by atomic mass is 10.1. The average Bonchev–Trinajstić information content (AvgIpc) is 2.67. The number of carbonyl (C=O) groups is 2. The van der Waals surface area contributed by atoms with Crippen LogP contribution in [-0.2, 0) is 16.1 Å². The van der Waals surface area contributed by atoms with Crippen molar-refractivity contribution in [3.8, 4) is 0 Å². The Morgan fingerprint density at radius 2 is 1.73 bits per heavy atom. The van der Waals surface area contributed by atoms with E-state index in [1.165, 1.54) is 5.56 Å². The minimum Gasteiger partial charge on any atom is -0.357 e. The van der Waals surface area contributed by atoms with Crippen LogP contribution >= 0.6 is 11.8 Å². The Bertz CT molecular complexity index is 717. The Balaban J connectivity index is 2.02. The molecule has 0 saturated heterocycles. The van der Waals surface area contributed by atoms with Gasteiger partial charge >= 0.3 is 0 Å². The highest BCUT2D eigenvalue weighted by Gasteiger charge is 2.25. The molecule has 4 nitrogen and oxygen atoms in total. The maximum atomic E-state index is 12.8. The maximum Gasteiger partial charge on any atom is 0.242 e. The van der Waals surface area contributed by atoms with E-state index in [2.05, 4.69) is 5.32 Å². The predicted octanol–water partition coefficient (Wildman–Crippen LogP) is 3.64. The molecule has 0 heterocycles. The smallest absolute Gasteiger partial charge is 0.242 e. The molecule has 0 saturated carbocycles. The third-order valence-corrected chi connectivity index (χ3v) is 5.23. The molecule has 1 N–H and O–H groups in total. The summed E-state index contributed by atoms with van der Waals surface area (Å²) in [5, 5.41) is 2.64. The summed E-state index contributed by atoms with van der Waals surface area (Å²) in [6.45, 7) is 4.24. The monoisotopic (exact) mass is 370 g/mol. The molecule has 0 aliphatic rings. The van der Waals surface area contributed by atoms with Gasteiger partial charge in [0.25, 0.3) is 0 Å². The number of nitrogens with one attached hydrogen (secondary N) is 1. The first-order valence-corrected chi connectivity index (χ1v) is 9.74. The topological polar surface area (TPSA) is 49.4 Å². The lowest BCUT2D eigenvalue weighted by molar-refractivity contribution is -0.140. The number of hydrogen-bond acceptors (Lipinski definition) is 3. The minimum absolute atomic E-state index is 0.00916. The second-order valence-electron chi connectivity index (χ2n) is 6.21. The Labute approximate surface area is 160 Å². The molecular formula is C21H26N2O2S. The van der Waals surface area contributed by atoms with Crippen molar-refractivity contribution in [3.63, 3.8) is 0 Å². The third-order valence-electron chi connectivity index (χ3n) is 4.22. The molecule has 5 heteroatoms. The van der Waals surface area contributed by atoms with E-state index >= 15 is 0 Å². The molecule has 0 spiro atoms. The second-order valence-corrected chi connectivity index (χ2v) is 7.38. The van der Waals surface area contributed by atoms with E-state index in [1.807, 2.05) is 61.5 Å². The van der Waals surface area contributed by atoms with Crippen LogP contribution in [0.1, 0.15) is 24.5 Å². The Hall–Kier alpha value is -2.27. The number of aryl methyl sites for hydroxylation is 1. The van der Waals surface area contributed by atoms with Crippen molar-refractivity contribution in [2.75, 3.05) is 12.8 Å². The molecule has 2 aromatic carbocycles. The van der Waals surface area contributed by atoms with Gasteiger partial charge in [0.15, 0.2) is 0 Å². The van der Waals surface area contributed by atoms with Crippen LogP contribution in [0.2, 0.25) is 0 Å². The Kier molecular flexibility index (Phi) is 7.73. The fourth-order valence-electron chi connectivity index (χ4n) is 2.60. The minimum atomic E-state index is -0.504. The number of nitrogens with zero attached hydrogens (tertiary/aromatic N) is 1. The lowest BCUT2D eigenvalue weighted by Gasteiger charge is -2.28. The lowest BCUT2D eigenvalue weighted by Crippen LogP contribution is -2.46. The third kappa shape index (κ3) is 5.92. The SMILES string of the molecule is CNC(=O)C(C)N(Cc1ccc(C)cc1)C(=O)CCSc1ccccc1. The van der Waals surface area contributed by atoms with Crippen molar-refractivity contribution in [3.05, 3.63) is 65.7 Å². The summed E-state index contributed by atoms with van der Waals surface area (Å²) < 4.78 is 0. The Morgan fingerprint density at radius 3 is 2.35 bits per heavy atom. The van der Waals surface area contributed by atoms with Gasteiger partial charge in [-0.25, -0.2) is 0 Å². The zero-order chi connectivity index (χ0) is 18.9. The largest absolute Gasteiger partial charge is 0.357 e. The van der Waals surface area contributed by atoms with Gasteiger partial charge in [-0.2, -0.15) is 0 Å². The number of carbonyl (C=O) groups excluding carboxylic acids is 2. The highest BCUT2D eigenvalue weighted by atomic mass is 32.2. The number of benzene rings is 2. The zero-order valence-corrected chi connectivity index (χ0v) is 16.4. The number of thioether (sulfide) groups is 1. The highest BCUT2D eigenvalue weighted by Crippen LogP contribution is 2.19. The molecule has 0 fully saturated rings. The van der Waals surface area contributed by atoms with Gasteiger partial charge in [-0.15, -0.1) is 11.8 Å². The molecule has 0 aliphatic carbocycles. The van der Waals surface area contributed by atoms with Crippen LogP contribution in [0.5, 0.6) is 0 Å². The molecule has 0 bridgehead atoms. The van der Waals surface area contributed by atoms with E-state index in [4.69, 9.17) is 0 Å². The van der Waals surface area contributed by atoms with Gasteiger partial charge in [-0.1, -0.05) is 48.0 Å². The number of likely N-dealkylation sites (N-methyl/N-ethyl adjacent to an activating group) is 1. The normalized spacial score (nSPS) is 11.7. The van der Waals surface area contributed by atoms with Crippen molar-refractivity contribution in [1.82, 2.24) is 10.2 Å². The zero-order valence-electron chi connectivity index (χ0n) is 15.6. The van der Waals surface area contributed by atoms with E-state index in [-0.39, 0.29) is 11.8 Å². The number of rotatable bonds is 8. The fraction of sp³-hybridized carbons (Fsp3) is 0.333. The quantitative estimate of drug-likeness (QED) is 0.722. The summed E-state index contributed by atoms with van der Waals surface area (Å²) in [5.74, 6) is 0.527. The van der Waals surface area contributed by atoms with Gasteiger partial charge in [-0.05, 0) is 31.5 Å². The van der Waals surface area contributed by atoms with E-state index in [1.54, 1.807) is 30.6 Å². The van der Waals surface area contributed by atoms with Crippen LogP contribution in [0, 0.1) is 6.92 Å². The van der Waals surface area contributed by atoms with Crippen LogP contribution in [0.4, 0.5) is 0 Å². The van der Waals surface area contributed by atoms with Gasteiger partial charge in [0.1, 0.15) is 6.04 Å². The molecule has 1 atom stereocenters. The van der Waals surface area contributed by atoms with Crippen molar-refractivity contribution >= 4 is 23.6 Å². The van der Waals surface area contributed by atoms with Gasteiger partial charge < -0.3 is 10.2 Å². The molecule has 2 amide bonds. The highest BCUT2D eigenvalue weighted by molar-refractivity contribution is 7.99. The van der Waals surface area contributed by atoms with Crippen molar-refractivity contribution in [1.29, 1.82) is 0 Å². The van der Waals surface area contributed by atoms with Gasteiger partial charge in [0.05, 0.1) is 0 Å². The van der Waals surface area contributed by atoms with Crippen LogP contribution < -0.4 is 5.32 Å². The first-order chi connectivity index (χ1) is 12.5. The molecule has 0 radical (unpaired) electrons. The first-order valence-electron chi connectivity index (χ1n) is 8.75. The van der Waals surface area contributed by atoms with E-state index in [0.29, 0.717) is 18.7 Å². The van der Waals surface area contributed by atoms with Gasteiger partial charge in [0.2, 0.25) is 11.8 Å². The summed E-state index contributed by atoms with van der Waals surface area (Å²) in [4.78, 5) is 27.7. The van der Waals surface area contributed by atoms with E-state index in [9.17, 15) is 9.59 Å². The summed E-state index contributed by atoms with van der Waals surface area (Å²) in [6, 6.07) is 17.6. The van der Waals surface area contributed by atoms with E-state index in [0.717, 1.165) is 10.5 Å². The van der Waals surface area contributed by atoms with Gasteiger partial charge in [0, 0.05) is 30.7 Å². The standard InChI is InChI=1S/C21H26N2O2S/c1-16-9-11-18(12-10-16)15-23(17(2)21(25)22-3)20(24)13-14-26-19-7-5-4-6-8-19/h4-12,17H,13-15H2,1-3H3,(H,22,25). The van der Waals surface area contributed by atoms with Crippen molar-refractivity contribution in [2.24, 2.45) is 0 Å². The summed E-state index contributed by atoms with van der Waals surface area (Å²) in [6.07, 6.45) is 0.396. The summed E-state index contributed by atoms with van der Waals surface area (Å²) in [7, 11) is 1.60. The van der Waals surface area contributed by atoms with E-state index < -0.39 is 6.04 Å². The first kappa shape index (κ1) is 20.0. The summed E-state index contributed by atoms with van der Waals surface area (Å²) >= 11 is 1.65. The Morgan fingerprint density at radius 1 is 1.08 bits per heavy atom. The van der Waals surface area contributed by atoms with Gasteiger partial charge in [-0.3, -0.25) is 9.59 Å². The predicted molar refractivity (Wildman–Crippen MR) is 107 cm³/mol. The maximum absolute atomic E-state index is 12.8. The number of amides is 2. The molecule has 2 rings (SSSR count). The van der Waals surface area contributed by atoms with Crippen molar-refractivity contribution < 1.29 is 9.59 Å². The molecule has 138 valence electrons. The van der Waals surface area contributed by atoms with Crippen molar-refractivity contribution in [2.45, 2.75) is 37.8 Å². The van der Waals surface area contributed by atoms with Crippen LogP contribution in [0.25, 0.3) is 0 Å². The number of hydrogen-bond donors (Lipinski definition) is 1. The second kappa shape index (κ2) is 10.0. The molecule has 0 aliphatic heterocycles. The van der Waals surface area contributed by atoms with Crippen LogP contribution in [0.3, 0.4) is 0 Å². The summed E-state index contributed by atoms with van der Waals surface area (Å²) in [5.41, 5.74) is 2.20. The molecule has 2 aromatic rings. The molecule has 26 heavy (non-hydrogen) atoms. The van der Waals surface area contributed by atoms with Crippen LogP contribution in [-0.4, -0.2) is 35.6 Å². The fourth-order valence-corrected chi connectivity index (χ4v) is 3.46.